The summed E-state index contributed by atoms with van der Waals surface area (Å²) in [6, 6.07) is 32.5. The molecule has 0 radical (unpaired) electrons. The number of rotatable bonds is 11. The summed E-state index contributed by atoms with van der Waals surface area (Å²) in [4.78, 5) is 34.3. The number of hydrogen-bond donors (Lipinski definition) is 4. The van der Waals surface area contributed by atoms with Crippen molar-refractivity contribution in [2.45, 2.75) is 25.7 Å². The standard InChI is InChI=1S/C24H20FN3O3S2.C17H15N3OS/c1-15-6-3-4-9-20(15)23(29)21-14-26-24(32-21)27-18-7-5-8-19(13-18)28-33(30,31)22-12-17(25)11-10-16(22)2;1-11-5-2-3-8-14(11)16(21)15-10-22-17(20-15)19-13-7-4-6-12(18)9-13/h3-14,28H,1-2H3,(H,26,27);2-10H,18H2,1H3,(H,19,20). The summed E-state index contributed by atoms with van der Waals surface area (Å²) in [6.07, 6.45) is 1.51. The van der Waals surface area contributed by atoms with Crippen molar-refractivity contribution >= 4 is 77.3 Å². The Labute approximate surface area is 326 Å². The van der Waals surface area contributed by atoms with Crippen LogP contribution in [0.15, 0.2) is 132 Å². The number of ketones is 2. The molecule has 0 aliphatic heterocycles. The van der Waals surface area contributed by atoms with Crippen LogP contribution in [0.1, 0.15) is 48.0 Å². The zero-order valence-electron chi connectivity index (χ0n) is 29.8. The summed E-state index contributed by atoms with van der Waals surface area (Å²) in [7, 11) is -3.97. The Balaban J connectivity index is 0.000000203. The van der Waals surface area contributed by atoms with Gasteiger partial charge in [-0.2, -0.15) is 0 Å². The number of halogens is 1. The van der Waals surface area contributed by atoms with Gasteiger partial charge in [0, 0.05) is 33.6 Å². The number of nitrogen functional groups attached to an aromatic ring is 1. The molecule has 2 aromatic heterocycles. The summed E-state index contributed by atoms with van der Waals surface area (Å²) >= 11 is 2.60. The Morgan fingerprint density at radius 2 is 1.31 bits per heavy atom. The van der Waals surface area contributed by atoms with Crippen molar-refractivity contribution in [3.63, 3.8) is 0 Å². The van der Waals surface area contributed by atoms with E-state index >= 15 is 0 Å². The first-order chi connectivity index (χ1) is 26.4. The lowest BCUT2D eigenvalue weighted by Crippen LogP contribution is -2.14. The summed E-state index contributed by atoms with van der Waals surface area (Å²) in [5, 5.41) is 9.18. The van der Waals surface area contributed by atoms with E-state index in [1.54, 1.807) is 42.6 Å². The van der Waals surface area contributed by atoms with Gasteiger partial charge in [0.25, 0.3) is 10.0 Å². The predicted molar refractivity (Wildman–Crippen MR) is 219 cm³/mol. The third kappa shape index (κ3) is 9.67. The van der Waals surface area contributed by atoms with Crippen molar-refractivity contribution in [1.29, 1.82) is 0 Å². The van der Waals surface area contributed by atoms with Crippen LogP contribution in [0.2, 0.25) is 0 Å². The van der Waals surface area contributed by atoms with Gasteiger partial charge < -0.3 is 16.4 Å². The van der Waals surface area contributed by atoms with Crippen LogP contribution in [-0.4, -0.2) is 30.0 Å². The Hall–Kier alpha value is -6.22. The SMILES string of the molecule is Cc1ccccc1C(=O)c1cnc(Nc2cccc(NS(=O)(=O)c3cc(F)ccc3C)c2)s1.Cc1ccccc1C(=O)c1csc(Nc2cccc(N)c2)n1. The van der Waals surface area contributed by atoms with Crippen LogP contribution in [0.5, 0.6) is 0 Å². The Morgan fingerprint density at radius 3 is 2.00 bits per heavy atom. The molecule has 0 spiro atoms. The largest absolute Gasteiger partial charge is 0.399 e. The maximum absolute atomic E-state index is 13.6. The molecule has 0 saturated heterocycles. The highest BCUT2D eigenvalue weighted by atomic mass is 32.2. The molecule has 0 saturated carbocycles. The summed E-state index contributed by atoms with van der Waals surface area (Å²) in [6.45, 7) is 5.40. The smallest absolute Gasteiger partial charge is 0.262 e. The molecule has 0 amide bonds. The van der Waals surface area contributed by atoms with Gasteiger partial charge in [0.15, 0.2) is 10.3 Å². The third-order valence-corrected chi connectivity index (χ3v) is 11.4. The van der Waals surface area contributed by atoms with Gasteiger partial charge in [-0.3, -0.25) is 14.3 Å². The summed E-state index contributed by atoms with van der Waals surface area (Å²) in [5.74, 6) is -0.795. The minimum Gasteiger partial charge on any atom is -0.399 e. The monoisotopic (exact) mass is 790 g/mol. The minimum atomic E-state index is -3.97. The van der Waals surface area contributed by atoms with Gasteiger partial charge in [-0.15, -0.1) is 11.3 Å². The molecule has 5 aromatic carbocycles. The van der Waals surface area contributed by atoms with E-state index in [0.717, 1.165) is 22.9 Å². The van der Waals surface area contributed by atoms with Crippen molar-refractivity contribution in [1.82, 2.24) is 9.97 Å². The van der Waals surface area contributed by atoms with E-state index in [9.17, 15) is 22.4 Å². The zero-order chi connectivity index (χ0) is 39.1. The Kier molecular flexibility index (Phi) is 11.8. The molecular formula is C41H35FN6O4S3. The number of carbonyl (C=O) groups is 2. The van der Waals surface area contributed by atoms with Crippen LogP contribution in [-0.2, 0) is 10.0 Å². The Bertz CT molecular complexity index is 2620. The fourth-order valence-corrected chi connectivity index (χ4v) is 8.20. The van der Waals surface area contributed by atoms with Crippen molar-refractivity contribution in [3.05, 3.63) is 171 Å². The molecule has 0 bridgehead atoms. The molecule has 55 heavy (non-hydrogen) atoms. The normalized spacial score (nSPS) is 10.9. The second-order valence-electron chi connectivity index (χ2n) is 12.3. The number of anilines is 6. The van der Waals surface area contributed by atoms with Gasteiger partial charge in [0.05, 0.1) is 21.7 Å². The quantitative estimate of drug-likeness (QED) is 0.0740. The number of benzene rings is 5. The summed E-state index contributed by atoms with van der Waals surface area (Å²) in [5.41, 5.74) is 12.2. The number of nitrogens with one attached hydrogen (secondary N) is 3. The fraction of sp³-hybridized carbons (Fsp3) is 0.0732. The lowest BCUT2D eigenvalue weighted by atomic mass is 10.0. The number of nitrogens with two attached hydrogens (primary N) is 1. The first-order valence-electron chi connectivity index (χ1n) is 16.8. The number of aryl methyl sites for hydroxylation is 3. The third-order valence-electron chi connectivity index (χ3n) is 8.19. The number of hydrogen-bond acceptors (Lipinski definition) is 11. The molecule has 0 aliphatic carbocycles. The number of carbonyl (C=O) groups excluding carboxylic acids is 2. The number of nitrogens with zero attached hydrogens (tertiary/aromatic N) is 2. The molecule has 0 fully saturated rings. The van der Waals surface area contributed by atoms with Gasteiger partial charge >= 0.3 is 0 Å². The molecule has 5 N–H and O–H groups in total. The van der Waals surface area contributed by atoms with Crippen LogP contribution in [0.4, 0.5) is 37.4 Å². The molecule has 0 unspecified atom stereocenters. The van der Waals surface area contributed by atoms with Crippen LogP contribution in [0.25, 0.3) is 0 Å². The maximum Gasteiger partial charge on any atom is 0.262 e. The molecule has 0 aliphatic rings. The van der Waals surface area contributed by atoms with E-state index in [1.165, 1.54) is 41.0 Å². The van der Waals surface area contributed by atoms with Gasteiger partial charge in [-0.1, -0.05) is 78.1 Å². The van der Waals surface area contributed by atoms with Crippen molar-refractivity contribution in [2.24, 2.45) is 0 Å². The second-order valence-corrected chi connectivity index (χ2v) is 15.9. The lowest BCUT2D eigenvalue weighted by molar-refractivity contribution is 0.102. The van der Waals surface area contributed by atoms with E-state index in [-0.39, 0.29) is 16.5 Å². The molecule has 10 nitrogen and oxygen atoms in total. The van der Waals surface area contributed by atoms with Crippen LogP contribution >= 0.6 is 22.7 Å². The number of thiazole rings is 2. The molecule has 278 valence electrons. The first-order valence-corrected chi connectivity index (χ1v) is 19.9. The van der Waals surface area contributed by atoms with E-state index in [1.807, 2.05) is 80.6 Å². The van der Waals surface area contributed by atoms with E-state index in [2.05, 4.69) is 25.3 Å². The van der Waals surface area contributed by atoms with E-state index < -0.39 is 15.8 Å². The van der Waals surface area contributed by atoms with Crippen molar-refractivity contribution in [2.75, 3.05) is 21.1 Å². The molecular weight excluding hydrogens is 756 g/mol. The molecule has 14 heteroatoms. The molecule has 2 heterocycles. The van der Waals surface area contributed by atoms with Crippen LogP contribution < -0.4 is 21.1 Å². The van der Waals surface area contributed by atoms with Crippen molar-refractivity contribution < 1.29 is 22.4 Å². The molecule has 7 aromatic rings. The molecule has 0 atom stereocenters. The van der Waals surface area contributed by atoms with Gasteiger partial charge in [0.2, 0.25) is 11.6 Å². The minimum absolute atomic E-state index is 0.0602. The van der Waals surface area contributed by atoms with Gasteiger partial charge in [0.1, 0.15) is 11.5 Å². The van der Waals surface area contributed by atoms with Gasteiger partial charge in [-0.25, -0.2) is 22.8 Å². The highest BCUT2D eigenvalue weighted by Crippen LogP contribution is 2.28. The lowest BCUT2D eigenvalue weighted by Gasteiger charge is -2.12. The highest BCUT2D eigenvalue weighted by Gasteiger charge is 2.19. The first kappa shape index (κ1) is 38.5. The van der Waals surface area contributed by atoms with E-state index in [0.29, 0.717) is 54.6 Å². The average molecular weight is 791 g/mol. The predicted octanol–water partition coefficient (Wildman–Crippen LogP) is 9.68. The zero-order valence-corrected chi connectivity index (χ0v) is 32.3. The fourth-order valence-electron chi connectivity index (χ4n) is 5.40. The molecule has 7 rings (SSSR count). The second kappa shape index (κ2) is 16.8. The number of sulfonamides is 1. The number of aromatic nitrogens is 2. The van der Waals surface area contributed by atoms with Crippen LogP contribution in [0, 0.1) is 26.6 Å². The van der Waals surface area contributed by atoms with Crippen LogP contribution in [0.3, 0.4) is 0 Å². The maximum atomic E-state index is 13.6. The summed E-state index contributed by atoms with van der Waals surface area (Å²) < 4.78 is 41.5. The average Bonchev–Trinajstić information content (AvgIpc) is 3.83. The topological polar surface area (TPSA) is 156 Å². The van der Waals surface area contributed by atoms with Gasteiger partial charge in [-0.05, 0) is 86.0 Å². The Morgan fingerprint density at radius 1 is 0.691 bits per heavy atom. The van der Waals surface area contributed by atoms with E-state index in [4.69, 9.17) is 5.73 Å². The van der Waals surface area contributed by atoms with Crippen molar-refractivity contribution in [3.8, 4) is 0 Å². The highest BCUT2D eigenvalue weighted by molar-refractivity contribution is 7.92.